The van der Waals surface area contributed by atoms with Crippen molar-refractivity contribution in [1.82, 2.24) is 9.29 Å². The van der Waals surface area contributed by atoms with Crippen molar-refractivity contribution in [2.45, 2.75) is 45.3 Å². The summed E-state index contributed by atoms with van der Waals surface area (Å²) in [6.45, 7) is 4.41. The average molecular weight is 509 g/mol. The maximum Gasteiger partial charge on any atom is 0.362 e. The number of oxime groups is 1. The van der Waals surface area contributed by atoms with Crippen LogP contribution in [0.25, 0.3) is 0 Å². The van der Waals surface area contributed by atoms with Crippen molar-refractivity contribution in [3.05, 3.63) is 11.1 Å². The highest BCUT2D eigenvalue weighted by molar-refractivity contribution is 7.99. The van der Waals surface area contributed by atoms with Gasteiger partial charge in [-0.3, -0.25) is 14.1 Å². The van der Waals surface area contributed by atoms with Crippen LogP contribution in [0, 0.1) is 5.92 Å². The second kappa shape index (κ2) is 10.1. The summed E-state index contributed by atoms with van der Waals surface area (Å²) in [7, 11) is -4.76. The number of thioether (sulfide) groups is 1. The van der Waals surface area contributed by atoms with Gasteiger partial charge in [0.1, 0.15) is 0 Å². The van der Waals surface area contributed by atoms with E-state index in [0.29, 0.717) is 10.1 Å². The van der Waals surface area contributed by atoms with Gasteiger partial charge in [-0.1, -0.05) is 23.4 Å². The second-order valence-electron chi connectivity index (χ2n) is 7.40. The number of rotatable bonds is 12. The third-order valence-corrected chi connectivity index (χ3v) is 7.55. The first-order valence-corrected chi connectivity index (χ1v) is 12.8. The molecule has 0 bridgehead atoms. The number of amides is 1. The van der Waals surface area contributed by atoms with Crippen LogP contribution < -0.4 is 5.73 Å². The molecular formula is C17H24N4O8S3. The molecule has 0 radical (unpaired) electrons. The molecule has 178 valence electrons. The van der Waals surface area contributed by atoms with Gasteiger partial charge in [0.05, 0.1) is 16.8 Å². The topological polar surface area (TPSA) is 190 Å². The zero-order chi connectivity index (χ0) is 24.3. The van der Waals surface area contributed by atoms with E-state index in [1.165, 1.54) is 31.8 Å². The SMILES string of the molecule is CCCSC[C@H]1C(CC(=O)/C(=N\OC(C)(C)C(=O)O)c2cnc(N)s2)C(=O)N1S(=O)(=O)O. The lowest BCUT2D eigenvalue weighted by Gasteiger charge is -2.43. The van der Waals surface area contributed by atoms with Gasteiger partial charge in [-0.2, -0.15) is 20.2 Å². The van der Waals surface area contributed by atoms with E-state index in [1.54, 1.807) is 0 Å². The van der Waals surface area contributed by atoms with Gasteiger partial charge in [0.2, 0.25) is 11.5 Å². The highest BCUT2D eigenvalue weighted by Gasteiger charge is 2.53. The number of nitrogen functional groups attached to an aromatic ring is 1. The Kier molecular flexibility index (Phi) is 8.25. The second-order valence-corrected chi connectivity index (χ2v) is 10.9. The molecule has 0 saturated carbocycles. The van der Waals surface area contributed by atoms with Crippen molar-refractivity contribution < 1.29 is 37.3 Å². The highest BCUT2D eigenvalue weighted by atomic mass is 32.2. The zero-order valence-electron chi connectivity index (χ0n) is 17.5. The number of hydrogen-bond acceptors (Lipinski definition) is 11. The minimum Gasteiger partial charge on any atom is -0.478 e. The summed E-state index contributed by atoms with van der Waals surface area (Å²) in [5, 5.41) is 13.0. The standard InChI is InChI=1S/C17H24N4O8S3/c1-4-5-30-8-10-9(14(23)21(10)32(26,27)28)6-11(22)13(12-7-19-16(18)31-12)20-29-17(2,3)15(24)25/h7,9-10H,4-6,8H2,1-3H3,(H2,18,19)(H,24,25)(H,26,27,28)/b20-13+/t9?,10-/m0/s1. The van der Waals surface area contributed by atoms with Gasteiger partial charge < -0.3 is 15.7 Å². The molecular weight excluding hydrogens is 484 g/mol. The number of thiazole rings is 1. The number of aromatic nitrogens is 1. The van der Waals surface area contributed by atoms with Crippen molar-refractivity contribution in [2.75, 3.05) is 17.2 Å². The first-order chi connectivity index (χ1) is 14.8. The third kappa shape index (κ3) is 5.96. The molecule has 1 unspecified atom stereocenters. The molecule has 12 nitrogen and oxygen atoms in total. The number of nitrogens with two attached hydrogens (primary N) is 1. The number of carboxylic acids is 1. The summed E-state index contributed by atoms with van der Waals surface area (Å²) >= 11 is 2.30. The Balaban J connectivity index is 2.29. The predicted octanol–water partition coefficient (Wildman–Crippen LogP) is 1.04. The van der Waals surface area contributed by atoms with Crippen LogP contribution in [0.4, 0.5) is 5.13 Å². The maximum absolute atomic E-state index is 13.0. The summed E-state index contributed by atoms with van der Waals surface area (Å²) in [6.07, 6.45) is 1.66. The van der Waals surface area contributed by atoms with Gasteiger partial charge in [-0.25, -0.2) is 14.1 Å². The van der Waals surface area contributed by atoms with E-state index < -0.39 is 51.9 Å². The summed E-state index contributed by atoms with van der Waals surface area (Å²) in [6, 6.07) is -0.901. The first kappa shape index (κ1) is 26.0. The molecule has 2 heterocycles. The molecule has 1 aromatic rings. The average Bonchev–Trinajstić information content (AvgIpc) is 3.10. The van der Waals surface area contributed by atoms with Crippen molar-refractivity contribution in [3.63, 3.8) is 0 Å². The number of hydrogen-bond donors (Lipinski definition) is 3. The first-order valence-electron chi connectivity index (χ1n) is 9.42. The van der Waals surface area contributed by atoms with Crippen LogP contribution in [0.15, 0.2) is 11.4 Å². The molecule has 32 heavy (non-hydrogen) atoms. The molecule has 0 spiro atoms. The lowest BCUT2D eigenvalue weighted by atomic mass is 9.86. The number of carboxylic acid groups (broad SMARTS) is 1. The fraction of sp³-hybridized carbons (Fsp3) is 0.588. The van der Waals surface area contributed by atoms with Gasteiger partial charge in [0, 0.05) is 18.4 Å². The van der Waals surface area contributed by atoms with E-state index in [1.807, 2.05) is 6.92 Å². The molecule has 1 aliphatic heterocycles. The molecule has 2 rings (SSSR count). The van der Waals surface area contributed by atoms with Crippen LogP contribution in [0.1, 0.15) is 38.5 Å². The van der Waals surface area contributed by atoms with Crippen LogP contribution in [0.2, 0.25) is 0 Å². The number of β-lactam (4-membered cyclic amide) rings is 1. The molecule has 0 aromatic carbocycles. The maximum atomic E-state index is 13.0. The van der Waals surface area contributed by atoms with E-state index in [0.717, 1.165) is 17.8 Å². The number of anilines is 1. The van der Waals surface area contributed by atoms with Crippen molar-refractivity contribution in [2.24, 2.45) is 11.1 Å². The van der Waals surface area contributed by atoms with Crippen LogP contribution in [-0.2, 0) is 29.5 Å². The van der Waals surface area contributed by atoms with Crippen LogP contribution in [-0.4, -0.2) is 73.9 Å². The number of nitrogens with zero attached hydrogens (tertiary/aromatic N) is 3. The molecule has 15 heteroatoms. The molecule has 1 fully saturated rings. The molecule has 0 aliphatic carbocycles. The fourth-order valence-corrected chi connectivity index (χ4v) is 5.52. The fourth-order valence-electron chi connectivity index (χ4n) is 2.74. The Morgan fingerprint density at radius 2 is 2.09 bits per heavy atom. The predicted molar refractivity (Wildman–Crippen MR) is 119 cm³/mol. The van der Waals surface area contributed by atoms with Gasteiger partial charge in [-0.15, -0.1) is 0 Å². The summed E-state index contributed by atoms with van der Waals surface area (Å²) in [4.78, 5) is 45.8. The molecule has 2 atom stereocenters. The summed E-state index contributed by atoms with van der Waals surface area (Å²) in [5.41, 5.74) is 3.59. The van der Waals surface area contributed by atoms with Crippen LogP contribution in [0.3, 0.4) is 0 Å². The van der Waals surface area contributed by atoms with Gasteiger partial charge in [0.15, 0.2) is 16.6 Å². The summed E-state index contributed by atoms with van der Waals surface area (Å²) in [5.74, 6) is -3.00. The number of ketones is 1. The van der Waals surface area contributed by atoms with E-state index in [-0.39, 0.29) is 21.5 Å². The molecule has 1 aromatic heterocycles. The Bertz CT molecular complexity index is 1020. The zero-order valence-corrected chi connectivity index (χ0v) is 20.0. The van der Waals surface area contributed by atoms with Crippen molar-refractivity contribution in [1.29, 1.82) is 0 Å². The van der Waals surface area contributed by atoms with Gasteiger partial charge in [-0.05, 0) is 26.0 Å². The third-order valence-electron chi connectivity index (χ3n) is 4.49. The molecule has 4 N–H and O–H groups in total. The van der Waals surface area contributed by atoms with E-state index in [9.17, 15) is 32.5 Å². The van der Waals surface area contributed by atoms with Crippen LogP contribution in [0.5, 0.6) is 0 Å². The van der Waals surface area contributed by atoms with E-state index in [4.69, 9.17) is 10.6 Å². The number of carbonyl (C=O) groups excluding carboxylic acids is 2. The summed E-state index contributed by atoms with van der Waals surface area (Å²) < 4.78 is 32.9. The normalized spacial score (nSPS) is 19.6. The largest absolute Gasteiger partial charge is 0.478 e. The Labute approximate surface area is 193 Å². The number of Topliss-reactive ketones (excluding diaryl/α,β-unsaturated/α-hetero) is 1. The minimum absolute atomic E-state index is 0.129. The number of carbonyl (C=O) groups is 3. The van der Waals surface area contributed by atoms with E-state index >= 15 is 0 Å². The van der Waals surface area contributed by atoms with E-state index in [2.05, 4.69) is 10.1 Å². The van der Waals surface area contributed by atoms with Gasteiger partial charge >= 0.3 is 16.3 Å². The Morgan fingerprint density at radius 1 is 1.44 bits per heavy atom. The van der Waals surface area contributed by atoms with Crippen molar-refractivity contribution >= 4 is 61.9 Å². The van der Waals surface area contributed by atoms with Crippen LogP contribution >= 0.6 is 23.1 Å². The lowest BCUT2D eigenvalue weighted by Crippen LogP contribution is -2.64. The molecule has 1 aliphatic rings. The minimum atomic E-state index is -4.76. The van der Waals surface area contributed by atoms with Gasteiger partial charge in [0.25, 0.3) is 0 Å². The Hall–Kier alpha value is -2.23. The lowest BCUT2D eigenvalue weighted by molar-refractivity contribution is -0.161. The van der Waals surface area contributed by atoms with Crippen molar-refractivity contribution in [3.8, 4) is 0 Å². The monoisotopic (exact) mass is 508 g/mol. The Morgan fingerprint density at radius 3 is 2.59 bits per heavy atom. The quantitative estimate of drug-likeness (QED) is 0.120. The molecule has 1 saturated heterocycles. The number of aliphatic carboxylic acids is 1. The molecule has 1 amide bonds. The highest BCUT2D eigenvalue weighted by Crippen LogP contribution is 2.35. The smallest absolute Gasteiger partial charge is 0.362 e.